The van der Waals surface area contributed by atoms with Crippen LogP contribution in [0.1, 0.15) is 33.3 Å². The minimum Gasteiger partial charge on any atom is -0.383 e. The Morgan fingerprint density at radius 3 is 2.30 bits per heavy atom. The van der Waals surface area contributed by atoms with Crippen LogP contribution in [-0.2, 0) is 10.2 Å². The Labute approximate surface area is 142 Å². The fraction of sp³-hybridized carbons (Fsp3) is 0.684. The molecule has 0 heterocycles. The maximum Gasteiger partial charge on any atom is 0.0661 e. The van der Waals surface area contributed by atoms with Gasteiger partial charge >= 0.3 is 0 Å². The summed E-state index contributed by atoms with van der Waals surface area (Å²) >= 11 is 0. The summed E-state index contributed by atoms with van der Waals surface area (Å²) in [5.74, 6) is 0. The van der Waals surface area contributed by atoms with Gasteiger partial charge in [0.2, 0.25) is 0 Å². The minimum absolute atomic E-state index is 0.107. The number of nitrogens with one attached hydrogen (secondary N) is 1. The van der Waals surface area contributed by atoms with Crippen molar-refractivity contribution < 1.29 is 4.74 Å². The molecule has 1 aromatic rings. The van der Waals surface area contributed by atoms with Crippen molar-refractivity contribution >= 4 is 11.4 Å². The van der Waals surface area contributed by atoms with Crippen molar-refractivity contribution in [3.05, 3.63) is 23.8 Å². The number of likely N-dealkylation sites (N-methyl/N-ethyl adjacent to an activating group) is 2. The van der Waals surface area contributed by atoms with Crippen LogP contribution in [0.3, 0.4) is 0 Å². The molecule has 0 aromatic heterocycles. The zero-order valence-corrected chi connectivity index (χ0v) is 16.2. The molecule has 1 atom stereocenters. The molecular weight excluding hydrogens is 286 g/mol. The van der Waals surface area contributed by atoms with E-state index in [0.717, 1.165) is 13.1 Å². The number of nitrogens with zero attached hydrogens (tertiary/aromatic N) is 2. The van der Waals surface area contributed by atoms with Crippen LogP contribution in [0.2, 0.25) is 0 Å². The summed E-state index contributed by atoms with van der Waals surface area (Å²) in [5, 5.41) is 3.62. The lowest BCUT2D eigenvalue weighted by Crippen LogP contribution is -2.29. The molecule has 0 saturated heterocycles. The number of ether oxygens (including phenoxy) is 1. The van der Waals surface area contributed by atoms with E-state index in [1.54, 1.807) is 7.11 Å². The molecule has 23 heavy (non-hydrogen) atoms. The Kier molecular flexibility index (Phi) is 7.36. The first-order valence-electron chi connectivity index (χ1n) is 8.41. The van der Waals surface area contributed by atoms with Gasteiger partial charge < -0.3 is 19.9 Å². The quantitative estimate of drug-likeness (QED) is 0.794. The van der Waals surface area contributed by atoms with Crippen LogP contribution < -0.4 is 10.2 Å². The molecule has 4 nitrogen and oxygen atoms in total. The van der Waals surface area contributed by atoms with Gasteiger partial charge in [0.05, 0.1) is 6.61 Å². The van der Waals surface area contributed by atoms with Crippen molar-refractivity contribution in [2.75, 3.05) is 58.2 Å². The first-order chi connectivity index (χ1) is 10.6. The molecule has 0 aliphatic rings. The Hall–Kier alpha value is -1.26. The molecule has 1 N–H and O–H groups in total. The van der Waals surface area contributed by atoms with Crippen LogP contribution in [0, 0.1) is 0 Å². The van der Waals surface area contributed by atoms with Crippen molar-refractivity contribution in [3.63, 3.8) is 0 Å². The van der Waals surface area contributed by atoms with E-state index in [0.29, 0.717) is 6.61 Å². The highest BCUT2D eigenvalue weighted by atomic mass is 16.5. The lowest BCUT2D eigenvalue weighted by molar-refractivity contribution is 0.190. The molecule has 1 unspecified atom stereocenters. The fourth-order valence-electron chi connectivity index (χ4n) is 2.58. The van der Waals surface area contributed by atoms with Gasteiger partial charge in [0.15, 0.2) is 0 Å². The maximum absolute atomic E-state index is 5.27. The topological polar surface area (TPSA) is 27.7 Å². The second-order valence-corrected chi connectivity index (χ2v) is 7.71. The van der Waals surface area contributed by atoms with Crippen molar-refractivity contribution in [1.82, 2.24) is 4.90 Å². The third kappa shape index (κ3) is 6.40. The second-order valence-electron chi connectivity index (χ2n) is 7.71. The van der Waals surface area contributed by atoms with E-state index in [4.69, 9.17) is 4.74 Å². The molecule has 0 aliphatic carbocycles. The highest BCUT2D eigenvalue weighted by Gasteiger charge is 2.20. The van der Waals surface area contributed by atoms with Gasteiger partial charge in [0, 0.05) is 44.7 Å². The molecule has 1 rings (SSSR count). The number of methoxy groups -OCH3 is 1. The SMILES string of the molecule is COCC(C)Nc1cc(N(C)CCN(C)C)ccc1C(C)(C)C. The normalized spacial score (nSPS) is 13.3. The zero-order chi connectivity index (χ0) is 17.6. The van der Waals surface area contributed by atoms with E-state index in [1.807, 2.05) is 0 Å². The zero-order valence-electron chi connectivity index (χ0n) is 16.2. The highest BCUT2D eigenvalue weighted by Crippen LogP contribution is 2.33. The average molecular weight is 322 g/mol. The van der Waals surface area contributed by atoms with Gasteiger partial charge in [-0.3, -0.25) is 0 Å². The van der Waals surface area contributed by atoms with Crippen LogP contribution in [0.4, 0.5) is 11.4 Å². The van der Waals surface area contributed by atoms with Gasteiger partial charge in [0.25, 0.3) is 0 Å². The first kappa shape index (κ1) is 19.8. The van der Waals surface area contributed by atoms with E-state index in [9.17, 15) is 0 Å². The molecule has 0 spiro atoms. The van der Waals surface area contributed by atoms with Crippen LogP contribution >= 0.6 is 0 Å². The predicted molar refractivity (Wildman–Crippen MR) is 102 cm³/mol. The summed E-state index contributed by atoms with van der Waals surface area (Å²) in [5.41, 5.74) is 3.89. The Morgan fingerprint density at radius 2 is 1.78 bits per heavy atom. The van der Waals surface area contributed by atoms with Gasteiger partial charge in [-0.2, -0.15) is 0 Å². The average Bonchev–Trinajstić information content (AvgIpc) is 2.43. The van der Waals surface area contributed by atoms with Crippen molar-refractivity contribution in [3.8, 4) is 0 Å². The third-order valence-electron chi connectivity index (χ3n) is 3.95. The summed E-state index contributed by atoms with van der Waals surface area (Å²) in [7, 11) is 8.11. The molecule has 4 heteroatoms. The van der Waals surface area contributed by atoms with E-state index >= 15 is 0 Å². The van der Waals surface area contributed by atoms with Crippen molar-refractivity contribution in [1.29, 1.82) is 0 Å². The number of hydrogen-bond donors (Lipinski definition) is 1. The van der Waals surface area contributed by atoms with E-state index < -0.39 is 0 Å². The molecule has 0 aliphatic heterocycles. The van der Waals surface area contributed by atoms with Crippen molar-refractivity contribution in [2.24, 2.45) is 0 Å². The fourth-order valence-corrected chi connectivity index (χ4v) is 2.58. The maximum atomic E-state index is 5.27. The Bertz CT molecular complexity index is 480. The van der Waals surface area contributed by atoms with Crippen LogP contribution in [0.25, 0.3) is 0 Å². The summed E-state index contributed by atoms with van der Waals surface area (Å²) in [4.78, 5) is 4.51. The lowest BCUT2D eigenvalue weighted by atomic mass is 9.85. The summed E-state index contributed by atoms with van der Waals surface area (Å²) in [6.45, 7) is 11.7. The van der Waals surface area contributed by atoms with Gasteiger partial charge in [-0.1, -0.05) is 26.8 Å². The number of rotatable bonds is 8. The summed E-state index contributed by atoms with van der Waals surface area (Å²) in [6, 6.07) is 7.03. The molecule has 0 amide bonds. The molecular formula is C19H35N3O. The van der Waals surface area contributed by atoms with E-state index in [-0.39, 0.29) is 11.5 Å². The predicted octanol–water partition coefficient (Wildman–Crippen LogP) is 3.43. The smallest absolute Gasteiger partial charge is 0.0661 e. The largest absolute Gasteiger partial charge is 0.383 e. The van der Waals surface area contributed by atoms with Crippen LogP contribution in [-0.4, -0.2) is 58.9 Å². The van der Waals surface area contributed by atoms with Gasteiger partial charge in [0.1, 0.15) is 0 Å². The highest BCUT2D eigenvalue weighted by molar-refractivity contribution is 5.64. The van der Waals surface area contributed by atoms with Gasteiger partial charge in [-0.25, -0.2) is 0 Å². The Morgan fingerprint density at radius 1 is 1.13 bits per heavy atom. The molecule has 0 saturated carbocycles. The molecule has 0 bridgehead atoms. The van der Waals surface area contributed by atoms with Crippen LogP contribution in [0.5, 0.6) is 0 Å². The number of benzene rings is 1. The monoisotopic (exact) mass is 321 g/mol. The second kappa shape index (κ2) is 8.55. The first-order valence-corrected chi connectivity index (χ1v) is 8.41. The molecule has 0 fully saturated rings. The summed E-state index contributed by atoms with van der Waals surface area (Å²) in [6.07, 6.45) is 0. The van der Waals surface area contributed by atoms with Crippen molar-refractivity contribution in [2.45, 2.75) is 39.2 Å². The lowest BCUT2D eigenvalue weighted by Gasteiger charge is -2.28. The molecule has 0 radical (unpaired) electrons. The Balaban J connectivity index is 3.03. The third-order valence-corrected chi connectivity index (χ3v) is 3.95. The van der Waals surface area contributed by atoms with E-state index in [2.05, 4.69) is 82.2 Å². The standard InChI is InChI=1S/C19H35N3O/c1-15(14-23-8)20-18-13-16(22(7)12-11-21(5)6)9-10-17(18)19(2,3)4/h9-10,13,15,20H,11-12,14H2,1-8H3. The number of anilines is 2. The number of hydrogen-bond acceptors (Lipinski definition) is 4. The van der Waals surface area contributed by atoms with Gasteiger partial charge in [-0.05, 0) is 44.1 Å². The minimum atomic E-state index is 0.107. The van der Waals surface area contributed by atoms with E-state index in [1.165, 1.54) is 16.9 Å². The molecule has 1 aromatic carbocycles. The van der Waals surface area contributed by atoms with Crippen LogP contribution in [0.15, 0.2) is 18.2 Å². The molecule has 132 valence electrons. The summed E-state index contributed by atoms with van der Waals surface area (Å²) < 4.78 is 5.27. The van der Waals surface area contributed by atoms with Gasteiger partial charge in [-0.15, -0.1) is 0 Å².